The van der Waals surface area contributed by atoms with Crippen molar-refractivity contribution in [2.24, 2.45) is 0 Å². The van der Waals surface area contributed by atoms with Crippen LogP contribution in [0.4, 0.5) is 11.6 Å². The second kappa shape index (κ2) is 8.26. The Morgan fingerprint density at radius 2 is 1.56 bits per heavy atom. The summed E-state index contributed by atoms with van der Waals surface area (Å²) in [7, 11) is 0. The molecule has 0 fully saturated rings. The van der Waals surface area contributed by atoms with Gasteiger partial charge in [0, 0.05) is 17.1 Å². The predicted molar refractivity (Wildman–Crippen MR) is 100 cm³/mol. The zero-order chi connectivity index (χ0) is 17.5. The van der Waals surface area contributed by atoms with Crippen LogP contribution in [0.25, 0.3) is 0 Å². The van der Waals surface area contributed by atoms with Gasteiger partial charge in [0.15, 0.2) is 5.82 Å². The third kappa shape index (κ3) is 5.02. The maximum atomic E-state index is 12.0. The van der Waals surface area contributed by atoms with Crippen molar-refractivity contribution >= 4 is 29.1 Å². The Hall–Kier alpha value is -2.92. The Bertz CT molecular complexity index is 820. The first kappa shape index (κ1) is 16.9. The number of benzene rings is 2. The summed E-state index contributed by atoms with van der Waals surface area (Å²) in [4.78, 5) is 12.0. The largest absolute Gasteiger partial charge is 0.368 e. The molecule has 2 N–H and O–H groups in total. The molecule has 0 saturated heterocycles. The van der Waals surface area contributed by atoms with Crippen LogP contribution in [-0.2, 0) is 6.42 Å². The third-order valence-corrected chi connectivity index (χ3v) is 3.83. The maximum Gasteiger partial charge on any atom is 0.256 e. The van der Waals surface area contributed by atoms with Gasteiger partial charge in [-0.1, -0.05) is 41.9 Å². The van der Waals surface area contributed by atoms with Crippen molar-refractivity contribution in [3.05, 3.63) is 82.9 Å². The second-order valence-corrected chi connectivity index (χ2v) is 5.86. The van der Waals surface area contributed by atoms with Crippen molar-refractivity contribution in [1.29, 1.82) is 0 Å². The lowest BCUT2D eigenvalue weighted by molar-refractivity contribution is 0.102. The molecule has 0 aliphatic carbocycles. The second-order valence-electron chi connectivity index (χ2n) is 5.43. The van der Waals surface area contributed by atoms with Crippen LogP contribution < -0.4 is 10.6 Å². The van der Waals surface area contributed by atoms with Crippen LogP contribution in [0.3, 0.4) is 0 Å². The van der Waals surface area contributed by atoms with E-state index in [0.717, 1.165) is 18.0 Å². The molecule has 0 unspecified atom stereocenters. The first-order valence-corrected chi connectivity index (χ1v) is 8.27. The van der Waals surface area contributed by atoms with Crippen molar-refractivity contribution in [3.8, 4) is 0 Å². The van der Waals surface area contributed by atoms with Crippen molar-refractivity contribution in [3.63, 3.8) is 0 Å². The van der Waals surface area contributed by atoms with Crippen LogP contribution >= 0.6 is 11.6 Å². The normalized spacial score (nSPS) is 10.3. The monoisotopic (exact) mass is 352 g/mol. The van der Waals surface area contributed by atoms with E-state index in [-0.39, 0.29) is 5.91 Å². The maximum absolute atomic E-state index is 12.0. The van der Waals surface area contributed by atoms with Gasteiger partial charge in [-0.3, -0.25) is 4.79 Å². The highest BCUT2D eigenvalue weighted by atomic mass is 35.5. The molecule has 6 heteroatoms. The minimum absolute atomic E-state index is 0.210. The van der Waals surface area contributed by atoms with Gasteiger partial charge in [-0.25, -0.2) is 0 Å². The van der Waals surface area contributed by atoms with Gasteiger partial charge in [-0.05, 0) is 48.4 Å². The summed E-state index contributed by atoms with van der Waals surface area (Å²) in [6, 6.07) is 20.2. The van der Waals surface area contributed by atoms with Crippen LogP contribution in [0.15, 0.2) is 66.7 Å². The molecule has 1 aromatic heterocycles. The van der Waals surface area contributed by atoms with Gasteiger partial charge in [0.25, 0.3) is 5.91 Å². The predicted octanol–water partition coefficient (Wildman–Crippen LogP) is 4.04. The Balaban J connectivity index is 1.50. The standard InChI is InChI=1S/C19H17ClN4O/c20-16-8-6-14(7-9-16)12-13-21-17-10-11-18(24-23-17)22-19(25)15-4-2-1-3-5-15/h1-11H,12-13H2,(H,21,23)(H,22,24,25). The number of aromatic nitrogens is 2. The van der Waals surface area contributed by atoms with Crippen LogP contribution in [0.2, 0.25) is 5.02 Å². The van der Waals surface area contributed by atoms with Gasteiger partial charge in [0.05, 0.1) is 0 Å². The fraction of sp³-hybridized carbons (Fsp3) is 0.105. The molecule has 5 nitrogen and oxygen atoms in total. The average Bonchev–Trinajstić information content (AvgIpc) is 2.65. The Morgan fingerprint density at radius 3 is 2.24 bits per heavy atom. The van der Waals surface area contributed by atoms with E-state index in [0.29, 0.717) is 17.2 Å². The highest BCUT2D eigenvalue weighted by molar-refractivity contribution is 6.30. The van der Waals surface area contributed by atoms with E-state index in [1.165, 1.54) is 5.56 Å². The van der Waals surface area contributed by atoms with E-state index in [2.05, 4.69) is 20.8 Å². The van der Waals surface area contributed by atoms with Gasteiger partial charge < -0.3 is 10.6 Å². The summed E-state index contributed by atoms with van der Waals surface area (Å²) in [5.41, 5.74) is 1.77. The number of nitrogens with zero attached hydrogens (tertiary/aromatic N) is 2. The van der Waals surface area contributed by atoms with Crippen LogP contribution in [0, 0.1) is 0 Å². The fourth-order valence-electron chi connectivity index (χ4n) is 2.26. The van der Waals surface area contributed by atoms with E-state index < -0.39 is 0 Å². The molecule has 0 aliphatic heterocycles. The van der Waals surface area contributed by atoms with Crippen molar-refractivity contribution in [2.75, 3.05) is 17.2 Å². The summed E-state index contributed by atoms with van der Waals surface area (Å²) in [6.07, 6.45) is 0.853. The number of amides is 1. The summed E-state index contributed by atoms with van der Waals surface area (Å²) in [5, 5.41) is 14.7. The van der Waals surface area contributed by atoms with Crippen molar-refractivity contribution in [2.45, 2.75) is 6.42 Å². The molecule has 1 heterocycles. The Kier molecular flexibility index (Phi) is 5.59. The van der Waals surface area contributed by atoms with E-state index in [9.17, 15) is 4.79 Å². The lowest BCUT2D eigenvalue weighted by Crippen LogP contribution is -2.14. The Labute approximate surface area is 151 Å². The number of hydrogen-bond donors (Lipinski definition) is 2. The smallest absolute Gasteiger partial charge is 0.256 e. The molecule has 0 bridgehead atoms. The molecule has 0 radical (unpaired) electrons. The lowest BCUT2D eigenvalue weighted by atomic mass is 10.1. The molecule has 3 aromatic rings. The average molecular weight is 353 g/mol. The highest BCUT2D eigenvalue weighted by Gasteiger charge is 2.06. The molecule has 1 amide bonds. The molecule has 3 rings (SSSR count). The molecule has 0 saturated carbocycles. The SMILES string of the molecule is O=C(Nc1ccc(NCCc2ccc(Cl)cc2)nn1)c1ccccc1. The number of nitrogens with one attached hydrogen (secondary N) is 2. The number of carbonyl (C=O) groups is 1. The van der Waals surface area contributed by atoms with Crippen molar-refractivity contribution in [1.82, 2.24) is 10.2 Å². The zero-order valence-corrected chi connectivity index (χ0v) is 14.2. The van der Waals surface area contributed by atoms with Crippen molar-refractivity contribution < 1.29 is 4.79 Å². The van der Waals surface area contributed by atoms with Gasteiger partial charge in [0.1, 0.15) is 5.82 Å². The number of halogens is 1. The highest BCUT2D eigenvalue weighted by Crippen LogP contribution is 2.11. The molecule has 0 spiro atoms. The van der Waals surface area contributed by atoms with Crippen LogP contribution in [0.1, 0.15) is 15.9 Å². The van der Waals surface area contributed by atoms with Gasteiger partial charge in [-0.15, -0.1) is 10.2 Å². The third-order valence-electron chi connectivity index (χ3n) is 3.58. The molecular weight excluding hydrogens is 336 g/mol. The lowest BCUT2D eigenvalue weighted by Gasteiger charge is -2.07. The van der Waals surface area contributed by atoms with Gasteiger partial charge in [-0.2, -0.15) is 0 Å². The minimum Gasteiger partial charge on any atom is -0.368 e. The summed E-state index contributed by atoms with van der Waals surface area (Å²) in [5.74, 6) is 0.863. The van der Waals surface area contributed by atoms with E-state index in [1.54, 1.807) is 24.3 Å². The Morgan fingerprint density at radius 1 is 0.880 bits per heavy atom. The minimum atomic E-state index is -0.210. The number of anilines is 2. The van der Waals surface area contributed by atoms with E-state index in [1.807, 2.05) is 42.5 Å². The molecule has 2 aromatic carbocycles. The molecular formula is C19H17ClN4O. The molecule has 0 aliphatic rings. The first-order valence-electron chi connectivity index (χ1n) is 7.89. The van der Waals surface area contributed by atoms with Crippen LogP contribution in [0.5, 0.6) is 0 Å². The molecule has 126 valence electrons. The molecule has 25 heavy (non-hydrogen) atoms. The number of rotatable bonds is 6. The van der Waals surface area contributed by atoms with E-state index in [4.69, 9.17) is 11.6 Å². The topological polar surface area (TPSA) is 66.9 Å². The van der Waals surface area contributed by atoms with Crippen LogP contribution in [-0.4, -0.2) is 22.6 Å². The fourth-order valence-corrected chi connectivity index (χ4v) is 2.38. The van der Waals surface area contributed by atoms with Gasteiger partial charge in [0.2, 0.25) is 0 Å². The quantitative estimate of drug-likeness (QED) is 0.702. The molecule has 0 atom stereocenters. The van der Waals surface area contributed by atoms with Gasteiger partial charge >= 0.3 is 0 Å². The number of carbonyl (C=O) groups excluding carboxylic acids is 1. The summed E-state index contributed by atoms with van der Waals surface area (Å²) >= 11 is 5.87. The first-order chi connectivity index (χ1) is 12.2. The summed E-state index contributed by atoms with van der Waals surface area (Å²) < 4.78 is 0. The number of hydrogen-bond acceptors (Lipinski definition) is 4. The van der Waals surface area contributed by atoms with E-state index >= 15 is 0 Å². The summed E-state index contributed by atoms with van der Waals surface area (Å²) in [6.45, 7) is 0.728. The zero-order valence-electron chi connectivity index (χ0n) is 13.4.